The Bertz CT molecular complexity index is 1440. The molecule has 8 nitrogen and oxygen atoms in total. The number of ketones is 1. The first-order valence-electron chi connectivity index (χ1n) is 9.13. The highest BCUT2D eigenvalue weighted by Crippen LogP contribution is 2.26. The van der Waals surface area contributed by atoms with Gasteiger partial charge in [-0.25, -0.2) is 9.36 Å². The van der Waals surface area contributed by atoms with Gasteiger partial charge in [0.25, 0.3) is 5.56 Å². The summed E-state index contributed by atoms with van der Waals surface area (Å²) in [5.41, 5.74) is 1.90. The van der Waals surface area contributed by atoms with Gasteiger partial charge in [0.15, 0.2) is 16.9 Å². The van der Waals surface area contributed by atoms with Crippen LogP contribution >= 0.6 is 11.6 Å². The van der Waals surface area contributed by atoms with Crippen molar-refractivity contribution in [3.63, 3.8) is 0 Å². The summed E-state index contributed by atoms with van der Waals surface area (Å²) in [4.78, 5) is 42.6. The second-order valence-corrected chi connectivity index (χ2v) is 7.65. The van der Waals surface area contributed by atoms with Crippen molar-refractivity contribution in [3.8, 4) is 5.69 Å². The topological polar surface area (TPSA) is 83.3 Å². The second kappa shape index (κ2) is 6.45. The van der Waals surface area contributed by atoms with Crippen LogP contribution in [-0.2, 0) is 11.8 Å². The fourth-order valence-electron chi connectivity index (χ4n) is 3.66. The van der Waals surface area contributed by atoms with E-state index in [1.165, 1.54) is 11.5 Å². The summed E-state index contributed by atoms with van der Waals surface area (Å²) in [6.07, 6.45) is 0. The van der Waals surface area contributed by atoms with E-state index in [2.05, 4.69) is 4.98 Å². The molecule has 29 heavy (non-hydrogen) atoms. The summed E-state index contributed by atoms with van der Waals surface area (Å²) in [5.74, 6) is 0.228. The van der Waals surface area contributed by atoms with Crippen molar-refractivity contribution >= 4 is 34.3 Å². The Hall–Kier alpha value is -3.13. The zero-order valence-corrected chi connectivity index (χ0v) is 17.5. The molecule has 4 aromatic rings. The lowest BCUT2D eigenvalue weighted by Gasteiger charge is -2.12. The molecule has 4 rings (SSSR count). The first kappa shape index (κ1) is 19.2. The molecular weight excluding hydrogens is 394 g/mol. The molecule has 0 aliphatic carbocycles. The Labute approximate surface area is 170 Å². The molecule has 1 aromatic carbocycles. The number of hydrogen-bond acceptors (Lipinski definition) is 4. The van der Waals surface area contributed by atoms with Crippen LogP contribution in [0.3, 0.4) is 0 Å². The van der Waals surface area contributed by atoms with Gasteiger partial charge in [0.05, 0.1) is 11.7 Å². The molecule has 9 heteroatoms. The average Bonchev–Trinajstić information content (AvgIpc) is 3.16. The van der Waals surface area contributed by atoms with Crippen LogP contribution in [-0.4, -0.2) is 28.9 Å². The van der Waals surface area contributed by atoms with E-state index < -0.39 is 17.3 Å². The Balaban J connectivity index is 2.21. The maximum atomic E-state index is 13.3. The number of fused-ring (bicyclic) bond motifs is 3. The fourth-order valence-corrected chi connectivity index (χ4v) is 3.85. The lowest BCUT2D eigenvalue weighted by molar-refractivity contribution is -0.119. The van der Waals surface area contributed by atoms with Crippen molar-refractivity contribution in [3.05, 3.63) is 61.5 Å². The summed E-state index contributed by atoms with van der Waals surface area (Å²) < 4.78 is 5.92. The highest BCUT2D eigenvalue weighted by Gasteiger charge is 2.25. The Morgan fingerprint density at radius 1 is 1.17 bits per heavy atom. The smallest absolute Gasteiger partial charge is 0.298 e. The predicted octanol–water partition coefficient (Wildman–Crippen LogP) is 2.56. The van der Waals surface area contributed by atoms with Gasteiger partial charge in [0.1, 0.15) is 0 Å². The van der Waals surface area contributed by atoms with E-state index in [-0.39, 0.29) is 16.9 Å². The first-order chi connectivity index (χ1) is 13.6. The van der Waals surface area contributed by atoms with Crippen molar-refractivity contribution in [1.82, 2.24) is 23.1 Å². The van der Waals surface area contributed by atoms with Crippen LogP contribution in [0.15, 0.2) is 33.9 Å². The number of hydrogen-bond donors (Lipinski definition) is 0. The average molecular weight is 414 g/mol. The van der Waals surface area contributed by atoms with E-state index in [4.69, 9.17) is 11.6 Å². The molecule has 0 aliphatic rings. The molecule has 0 spiro atoms. The normalized spacial score (nSPS) is 12.8. The number of carbonyl (C=O) groups is 1. The zero-order valence-electron chi connectivity index (χ0n) is 16.7. The van der Waals surface area contributed by atoms with E-state index in [0.29, 0.717) is 10.8 Å². The Morgan fingerprint density at radius 3 is 2.48 bits per heavy atom. The monoisotopic (exact) mass is 413 g/mol. The van der Waals surface area contributed by atoms with E-state index in [1.807, 2.05) is 36.6 Å². The van der Waals surface area contributed by atoms with Crippen molar-refractivity contribution in [2.24, 2.45) is 7.05 Å². The van der Waals surface area contributed by atoms with Gasteiger partial charge in [0.2, 0.25) is 5.78 Å². The fraction of sp³-hybridized carbons (Fsp3) is 0.300. The standard InChI is InChI=1S/C20H20ClN5O3/c1-10-11(2)25-16-17(22-19(25)24(10)15-8-6-7-14(21)9-15)23(5)20(29)26(18(16)28)12(3)13(4)27/h6-9,12H,1-5H3/t12-/m0/s1. The number of Topliss-reactive ketones (excluding diaryl/α,β-unsaturated/α-hetero) is 1. The lowest BCUT2D eigenvalue weighted by Crippen LogP contribution is -2.42. The molecule has 0 saturated heterocycles. The van der Waals surface area contributed by atoms with Crippen LogP contribution in [0.25, 0.3) is 22.6 Å². The Morgan fingerprint density at radius 2 is 1.86 bits per heavy atom. The molecule has 3 heterocycles. The maximum Gasteiger partial charge on any atom is 0.333 e. The summed E-state index contributed by atoms with van der Waals surface area (Å²) in [6.45, 7) is 6.71. The molecule has 0 radical (unpaired) electrons. The molecule has 150 valence electrons. The zero-order chi connectivity index (χ0) is 21.2. The van der Waals surface area contributed by atoms with Crippen molar-refractivity contribution in [2.45, 2.75) is 33.7 Å². The quantitative estimate of drug-likeness (QED) is 0.516. The van der Waals surface area contributed by atoms with Crippen LogP contribution in [0.2, 0.25) is 5.02 Å². The number of aryl methyl sites for hydroxylation is 2. The van der Waals surface area contributed by atoms with Crippen LogP contribution in [0.4, 0.5) is 0 Å². The number of benzene rings is 1. The van der Waals surface area contributed by atoms with Gasteiger partial charge in [-0.2, -0.15) is 4.98 Å². The summed E-state index contributed by atoms with van der Waals surface area (Å²) >= 11 is 6.17. The van der Waals surface area contributed by atoms with Gasteiger partial charge in [-0.1, -0.05) is 17.7 Å². The molecular formula is C20H20ClN5O3. The van der Waals surface area contributed by atoms with Gasteiger partial charge in [0, 0.05) is 23.5 Å². The van der Waals surface area contributed by atoms with Crippen molar-refractivity contribution in [2.75, 3.05) is 0 Å². The molecule has 0 saturated carbocycles. The summed E-state index contributed by atoms with van der Waals surface area (Å²) in [6, 6.07) is 6.45. The highest BCUT2D eigenvalue weighted by atomic mass is 35.5. The van der Waals surface area contributed by atoms with Crippen molar-refractivity contribution in [1.29, 1.82) is 0 Å². The molecule has 0 unspecified atom stereocenters. The van der Waals surface area contributed by atoms with E-state index in [1.54, 1.807) is 24.4 Å². The van der Waals surface area contributed by atoms with Gasteiger partial charge in [-0.05, 0) is 45.9 Å². The van der Waals surface area contributed by atoms with E-state index in [0.717, 1.165) is 21.6 Å². The summed E-state index contributed by atoms with van der Waals surface area (Å²) in [7, 11) is 1.55. The molecule has 1 atom stereocenters. The SMILES string of the molecule is CC(=O)[C@H](C)n1c(=O)c2c(nc3n(-c4cccc(Cl)c4)c(C)c(C)n23)n(C)c1=O. The van der Waals surface area contributed by atoms with Gasteiger partial charge < -0.3 is 0 Å². The molecule has 3 aromatic heterocycles. The first-order valence-corrected chi connectivity index (χ1v) is 9.51. The summed E-state index contributed by atoms with van der Waals surface area (Å²) in [5, 5.41) is 0.576. The minimum Gasteiger partial charge on any atom is -0.298 e. The van der Waals surface area contributed by atoms with Crippen LogP contribution in [0.1, 0.15) is 31.3 Å². The molecule has 0 aliphatic heterocycles. The van der Waals surface area contributed by atoms with Gasteiger partial charge >= 0.3 is 5.69 Å². The molecule has 0 N–H and O–H groups in total. The number of rotatable bonds is 3. The number of aromatic nitrogens is 5. The van der Waals surface area contributed by atoms with Gasteiger partial charge in [-0.15, -0.1) is 0 Å². The van der Waals surface area contributed by atoms with E-state index in [9.17, 15) is 14.4 Å². The number of halogens is 1. The number of nitrogens with zero attached hydrogens (tertiary/aromatic N) is 5. The number of imidazole rings is 2. The third-order valence-electron chi connectivity index (χ3n) is 5.51. The minimum atomic E-state index is -0.868. The second-order valence-electron chi connectivity index (χ2n) is 7.21. The molecule has 0 amide bonds. The van der Waals surface area contributed by atoms with Crippen LogP contribution in [0, 0.1) is 13.8 Å². The Kier molecular flexibility index (Phi) is 4.27. The third kappa shape index (κ3) is 2.59. The number of carbonyl (C=O) groups excluding carboxylic acids is 1. The largest absolute Gasteiger partial charge is 0.333 e. The molecule has 0 bridgehead atoms. The van der Waals surface area contributed by atoms with Crippen LogP contribution in [0.5, 0.6) is 0 Å². The van der Waals surface area contributed by atoms with Crippen LogP contribution < -0.4 is 11.2 Å². The minimum absolute atomic E-state index is 0.261. The molecule has 0 fully saturated rings. The lowest BCUT2D eigenvalue weighted by atomic mass is 10.2. The van der Waals surface area contributed by atoms with Gasteiger partial charge in [-0.3, -0.25) is 23.1 Å². The van der Waals surface area contributed by atoms with Crippen molar-refractivity contribution < 1.29 is 4.79 Å². The predicted molar refractivity (Wildman–Crippen MR) is 111 cm³/mol. The maximum absolute atomic E-state index is 13.3. The van der Waals surface area contributed by atoms with E-state index >= 15 is 0 Å². The third-order valence-corrected chi connectivity index (χ3v) is 5.74. The highest BCUT2D eigenvalue weighted by molar-refractivity contribution is 6.30.